The number of rotatable bonds is 6. The van der Waals surface area contributed by atoms with E-state index in [9.17, 15) is 22.8 Å². The van der Waals surface area contributed by atoms with Gasteiger partial charge in [0, 0.05) is 0 Å². The first-order valence-corrected chi connectivity index (χ1v) is 12.3. The lowest BCUT2D eigenvalue weighted by molar-refractivity contribution is -0.137. The summed E-state index contributed by atoms with van der Waals surface area (Å²) in [6.45, 7) is 3.46. The first kappa shape index (κ1) is 26.4. The second kappa shape index (κ2) is 10.8. The Morgan fingerprint density at radius 2 is 1.81 bits per heavy atom. The molecule has 0 saturated carbocycles. The smallest absolute Gasteiger partial charge is 0.418 e. The largest absolute Gasteiger partial charge is 0.484 e. The molecule has 0 atom stereocenters. The molecule has 4 rings (SSSR count). The number of thioether (sulfide) groups is 1. The van der Waals surface area contributed by atoms with Gasteiger partial charge in [0.05, 0.1) is 21.8 Å². The number of alkyl halides is 3. The number of hydrogen-bond acceptors (Lipinski definition) is 5. The molecule has 0 bridgehead atoms. The van der Waals surface area contributed by atoms with Crippen LogP contribution in [0.3, 0.4) is 0 Å². The molecule has 0 unspecified atom stereocenters. The van der Waals surface area contributed by atoms with Gasteiger partial charge in [-0.2, -0.15) is 13.2 Å². The topological polar surface area (TPSA) is 58.6 Å². The third-order valence-corrected chi connectivity index (χ3v) is 6.88. The summed E-state index contributed by atoms with van der Waals surface area (Å²) in [4.78, 5) is 27.2. The van der Waals surface area contributed by atoms with E-state index in [-0.39, 0.29) is 11.6 Å². The van der Waals surface area contributed by atoms with Gasteiger partial charge in [-0.05, 0) is 73.0 Å². The van der Waals surface area contributed by atoms with Crippen LogP contribution < -0.4 is 15.0 Å². The molecule has 37 heavy (non-hydrogen) atoms. The second-order valence-corrected chi connectivity index (χ2v) is 9.91. The summed E-state index contributed by atoms with van der Waals surface area (Å²) in [5, 5.41) is 2.24. The Morgan fingerprint density at radius 1 is 1.05 bits per heavy atom. The second-order valence-electron chi connectivity index (χ2n) is 8.24. The number of hydrogen-bond donors (Lipinski definition) is 1. The van der Waals surface area contributed by atoms with Crippen LogP contribution in [-0.2, 0) is 15.8 Å². The number of aryl methyl sites for hydroxylation is 2. The van der Waals surface area contributed by atoms with Crippen molar-refractivity contribution in [1.29, 1.82) is 0 Å². The normalized spacial score (nSPS) is 14.8. The fourth-order valence-corrected chi connectivity index (χ4v) is 4.87. The van der Waals surface area contributed by atoms with Gasteiger partial charge in [-0.15, -0.1) is 0 Å². The van der Waals surface area contributed by atoms with Crippen molar-refractivity contribution in [1.82, 2.24) is 0 Å². The van der Waals surface area contributed by atoms with Gasteiger partial charge in [-0.1, -0.05) is 54.3 Å². The minimum absolute atomic E-state index is 0.243. The van der Waals surface area contributed by atoms with Gasteiger partial charge in [0.25, 0.3) is 11.8 Å². The van der Waals surface area contributed by atoms with E-state index in [1.54, 1.807) is 30.3 Å². The lowest BCUT2D eigenvalue weighted by atomic mass is 10.1. The predicted octanol–water partition coefficient (Wildman–Crippen LogP) is 6.75. The number of ether oxygens (including phenoxy) is 1. The van der Waals surface area contributed by atoms with Gasteiger partial charge in [0.15, 0.2) is 10.9 Å². The van der Waals surface area contributed by atoms with Crippen LogP contribution in [0.4, 0.5) is 24.5 Å². The van der Waals surface area contributed by atoms with E-state index in [4.69, 9.17) is 17.0 Å². The van der Waals surface area contributed by atoms with Gasteiger partial charge < -0.3 is 10.1 Å². The Balaban J connectivity index is 1.44. The maximum Gasteiger partial charge on any atom is 0.418 e. The molecule has 10 heteroatoms. The summed E-state index contributed by atoms with van der Waals surface area (Å²) < 4.78 is 45.3. The number of nitrogens with one attached hydrogen (secondary N) is 1. The average Bonchev–Trinajstić information content (AvgIpc) is 3.12. The van der Waals surface area contributed by atoms with E-state index in [0.717, 1.165) is 17.2 Å². The molecule has 0 spiro atoms. The van der Waals surface area contributed by atoms with Crippen LogP contribution in [0.15, 0.2) is 71.6 Å². The molecule has 1 N–H and O–H groups in total. The fourth-order valence-electron chi connectivity index (χ4n) is 3.57. The van der Waals surface area contributed by atoms with E-state index in [2.05, 4.69) is 5.32 Å². The monoisotopic (exact) mass is 542 g/mol. The van der Waals surface area contributed by atoms with Crippen LogP contribution in [0.25, 0.3) is 6.08 Å². The minimum Gasteiger partial charge on any atom is -0.484 e. The van der Waals surface area contributed by atoms with Gasteiger partial charge in [-0.25, -0.2) is 0 Å². The van der Waals surface area contributed by atoms with Gasteiger partial charge in [0.2, 0.25) is 0 Å². The van der Waals surface area contributed by atoms with Crippen molar-refractivity contribution in [3.63, 3.8) is 0 Å². The Morgan fingerprint density at radius 3 is 2.54 bits per heavy atom. The molecule has 3 aromatic carbocycles. The average molecular weight is 543 g/mol. The highest BCUT2D eigenvalue weighted by atomic mass is 32.2. The van der Waals surface area contributed by atoms with E-state index in [0.29, 0.717) is 26.2 Å². The maximum absolute atomic E-state index is 13.1. The first-order chi connectivity index (χ1) is 17.5. The Bertz CT molecular complexity index is 1420. The number of carbonyl (C=O) groups is 2. The molecule has 1 heterocycles. The number of benzene rings is 3. The van der Waals surface area contributed by atoms with Crippen molar-refractivity contribution >= 4 is 57.6 Å². The zero-order chi connectivity index (χ0) is 26.7. The summed E-state index contributed by atoms with van der Waals surface area (Å²) in [6, 6.07) is 17.1. The number of nitrogens with zero attached hydrogens (tertiary/aromatic N) is 1. The van der Waals surface area contributed by atoms with Crippen molar-refractivity contribution < 1.29 is 27.5 Å². The Labute approximate surface area is 221 Å². The molecule has 0 aliphatic carbocycles. The lowest BCUT2D eigenvalue weighted by Crippen LogP contribution is -2.27. The predicted molar refractivity (Wildman–Crippen MR) is 144 cm³/mol. The molecule has 1 fully saturated rings. The highest BCUT2D eigenvalue weighted by Gasteiger charge is 2.34. The van der Waals surface area contributed by atoms with Gasteiger partial charge in [-0.3, -0.25) is 14.5 Å². The summed E-state index contributed by atoms with van der Waals surface area (Å²) in [6.07, 6.45) is -2.93. The van der Waals surface area contributed by atoms with E-state index < -0.39 is 24.3 Å². The van der Waals surface area contributed by atoms with Crippen LogP contribution in [0, 0.1) is 13.8 Å². The van der Waals surface area contributed by atoms with Crippen molar-refractivity contribution in [2.45, 2.75) is 20.0 Å². The molecular formula is C27H21F3N2O3S2. The minimum atomic E-state index is -4.60. The molecule has 190 valence electrons. The summed E-state index contributed by atoms with van der Waals surface area (Å²) in [7, 11) is 0. The highest BCUT2D eigenvalue weighted by Crippen LogP contribution is 2.37. The zero-order valence-corrected chi connectivity index (χ0v) is 21.4. The Kier molecular flexibility index (Phi) is 7.70. The number of amides is 2. The molecule has 3 aromatic rings. The maximum atomic E-state index is 13.1. The van der Waals surface area contributed by atoms with Crippen molar-refractivity contribution in [3.8, 4) is 5.75 Å². The summed E-state index contributed by atoms with van der Waals surface area (Å²) in [5.74, 6) is -0.665. The van der Waals surface area contributed by atoms with Crippen molar-refractivity contribution in [3.05, 3.63) is 93.9 Å². The van der Waals surface area contributed by atoms with Crippen LogP contribution in [0.1, 0.15) is 22.3 Å². The molecule has 0 radical (unpaired) electrons. The quantitative estimate of drug-likeness (QED) is 0.276. The van der Waals surface area contributed by atoms with Gasteiger partial charge in [0.1, 0.15) is 5.75 Å². The van der Waals surface area contributed by atoms with Crippen LogP contribution in [0.2, 0.25) is 0 Å². The van der Waals surface area contributed by atoms with Crippen LogP contribution in [0.5, 0.6) is 5.75 Å². The number of thiocarbonyl (C=S) groups is 1. The Hall–Kier alpha value is -3.63. The molecule has 5 nitrogen and oxygen atoms in total. The highest BCUT2D eigenvalue weighted by molar-refractivity contribution is 8.27. The van der Waals surface area contributed by atoms with Crippen molar-refractivity contribution in [2.75, 3.05) is 16.8 Å². The zero-order valence-electron chi connectivity index (χ0n) is 19.8. The fraction of sp³-hybridized carbons (Fsp3) is 0.148. The number of carbonyl (C=O) groups excluding carboxylic acids is 2. The van der Waals surface area contributed by atoms with Crippen LogP contribution >= 0.6 is 24.0 Å². The van der Waals surface area contributed by atoms with E-state index in [1.165, 1.54) is 34.9 Å². The molecule has 2 amide bonds. The lowest BCUT2D eigenvalue weighted by Gasteiger charge is -2.15. The molecule has 1 saturated heterocycles. The standard InChI is InChI=1S/C27H21F3N2O3S2/c1-16-10-11-19(12-17(16)2)32-25(34)23(37-26(32)36)14-18-6-5-7-20(13-18)35-15-24(33)31-22-9-4-3-8-21(22)27(28,29)30/h3-14H,15H2,1-2H3,(H,31,33)/b23-14-. The third kappa shape index (κ3) is 6.20. The molecule has 1 aliphatic heterocycles. The number of halogens is 3. The molecular weight excluding hydrogens is 521 g/mol. The number of para-hydroxylation sites is 1. The van der Waals surface area contributed by atoms with E-state index >= 15 is 0 Å². The summed E-state index contributed by atoms with van der Waals surface area (Å²) in [5.41, 5.74) is 2.21. The SMILES string of the molecule is Cc1ccc(N2C(=O)/C(=C/c3cccc(OCC(=O)Nc4ccccc4C(F)(F)F)c3)SC2=S)cc1C. The summed E-state index contributed by atoms with van der Waals surface area (Å²) >= 11 is 6.62. The first-order valence-electron chi connectivity index (χ1n) is 11.1. The van der Waals surface area contributed by atoms with E-state index in [1.807, 2.05) is 32.0 Å². The third-order valence-electron chi connectivity index (χ3n) is 5.57. The van der Waals surface area contributed by atoms with Gasteiger partial charge >= 0.3 is 6.18 Å². The van der Waals surface area contributed by atoms with Crippen molar-refractivity contribution in [2.24, 2.45) is 0 Å². The number of anilines is 2. The van der Waals surface area contributed by atoms with Crippen LogP contribution in [-0.4, -0.2) is 22.7 Å². The molecule has 0 aromatic heterocycles. The molecule has 1 aliphatic rings.